The molecular weight excluding hydrogens is 519 g/mol. The van der Waals surface area contributed by atoms with E-state index in [0.29, 0.717) is 79.1 Å². The summed E-state index contributed by atoms with van der Waals surface area (Å²) in [5.41, 5.74) is 1.95. The Kier molecular flexibility index (Phi) is 6.59. The third-order valence-electron chi connectivity index (χ3n) is 9.68. The molecule has 1 aromatic heterocycles. The SMILES string of the molecule is C[C@@H]1C[C@@H]1c1c(Cl)cc(O)cc1CCc1nc(OC[C@@]23CCCN2C[C@H](F)C3)nc(N2C[C@H]3CC[C@@H](C2)N3)n1. The van der Waals surface area contributed by atoms with Gasteiger partial charge in [0.25, 0.3) is 0 Å². The average Bonchev–Trinajstić information content (AvgIpc) is 3.17. The highest BCUT2D eigenvalue weighted by Gasteiger charge is 2.49. The quantitative estimate of drug-likeness (QED) is 0.504. The maximum Gasteiger partial charge on any atom is 0.321 e. The Labute approximate surface area is 234 Å². The van der Waals surface area contributed by atoms with Crippen molar-refractivity contribution in [1.82, 2.24) is 25.2 Å². The molecule has 0 unspecified atom stereocenters. The highest BCUT2D eigenvalue weighted by molar-refractivity contribution is 6.31. The highest BCUT2D eigenvalue weighted by atomic mass is 35.5. The third kappa shape index (κ3) is 5.06. The Morgan fingerprint density at radius 3 is 2.72 bits per heavy atom. The van der Waals surface area contributed by atoms with Crippen molar-refractivity contribution in [1.29, 1.82) is 0 Å². The van der Waals surface area contributed by atoms with E-state index in [1.807, 2.05) is 6.07 Å². The van der Waals surface area contributed by atoms with Crippen LogP contribution in [0.5, 0.6) is 11.8 Å². The topological polar surface area (TPSA) is 86.6 Å². The van der Waals surface area contributed by atoms with Gasteiger partial charge in [0, 0.05) is 49.6 Å². The minimum Gasteiger partial charge on any atom is -0.508 e. The summed E-state index contributed by atoms with van der Waals surface area (Å²) < 4.78 is 20.6. The monoisotopic (exact) mass is 556 g/mol. The van der Waals surface area contributed by atoms with E-state index in [1.54, 1.807) is 6.07 Å². The number of nitrogens with one attached hydrogen (secondary N) is 1. The van der Waals surface area contributed by atoms with Gasteiger partial charge in [-0.15, -0.1) is 0 Å². The molecule has 10 heteroatoms. The van der Waals surface area contributed by atoms with Gasteiger partial charge < -0.3 is 20.1 Å². The normalized spacial score (nSPS) is 33.5. The maximum absolute atomic E-state index is 14.3. The molecule has 5 heterocycles. The van der Waals surface area contributed by atoms with Crippen LogP contribution in [0.25, 0.3) is 0 Å². The van der Waals surface area contributed by atoms with Gasteiger partial charge in [-0.1, -0.05) is 18.5 Å². The number of halogens is 2. The van der Waals surface area contributed by atoms with E-state index >= 15 is 0 Å². The molecular formula is C29H38ClFN6O2. The standard InChI is InChI=1S/C29H38ClFN6O2/c1-17-9-23(17)26-18(10-22(38)11-24(26)30)3-6-25-33-27(36-14-20-4-5-21(15-36)32-20)35-28(34-25)39-16-29-7-2-8-37(29)13-19(31)12-29/h10-11,17,19-21,23,32,38H,2-9,12-16H2,1H3/t17-,19-,20-,21+,23+,29+/m1/s1. The van der Waals surface area contributed by atoms with E-state index in [4.69, 9.17) is 31.3 Å². The first-order valence-corrected chi connectivity index (χ1v) is 15.0. The number of aromatic nitrogens is 3. The molecule has 210 valence electrons. The van der Waals surface area contributed by atoms with Crippen molar-refractivity contribution in [2.75, 3.05) is 37.7 Å². The van der Waals surface area contributed by atoms with Crippen molar-refractivity contribution < 1.29 is 14.2 Å². The summed E-state index contributed by atoms with van der Waals surface area (Å²) in [6.45, 7) is 5.79. The molecule has 2 bridgehead atoms. The summed E-state index contributed by atoms with van der Waals surface area (Å²) in [5.74, 6) is 2.56. The van der Waals surface area contributed by atoms with Crippen molar-refractivity contribution in [3.05, 3.63) is 34.1 Å². The zero-order valence-corrected chi connectivity index (χ0v) is 23.3. The van der Waals surface area contributed by atoms with Crippen molar-refractivity contribution in [2.24, 2.45) is 5.92 Å². The average molecular weight is 557 g/mol. The van der Waals surface area contributed by atoms with Crippen LogP contribution >= 0.6 is 11.6 Å². The van der Waals surface area contributed by atoms with Crippen LogP contribution in [0.2, 0.25) is 5.02 Å². The van der Waals surface area contributed by atoms with Crippen LogP contribution in [0.4, 0.5) is 10.3 Å². The zero-order valence-electron chi connectivity index (χ0n) is 22.6. The lowest BCUT2D eigenvalue weighted by molar-refractivity contribution is 0.107. The summed E-state index contributed by atoms with van der Waals surface area (Å²) in [5, 5.41) is 14.6. The molecule has 4 aliphatic heterocycles. The Morgan fingerprint density at radius 2 is 1.95 bits per heavy atom. The molecule has 39 heavy (non-hydrogen) atoms. The van der Waals surface area contributed by atoms with E-state index in [0.717, 1.165) is 50.0 Å². The van der Waals surface area contributed by atoms with Gasteiger partial charge in [-0.3, -0.25) is 4.90 Å². The highest BCUT2D eigenvalue weighted by Crippen LogP contribution is 2.51. The summed E-state index contributed by atoms with van der Waals surface area (Å²) in [4.78, 5) is 18.9. The van der Waals surface area contributed by atoms with Crippen molar-refractivity contribution in [3.8, 4) is 11.8 Å². The molecule has 0 spiro atoms. The maximum atomic E-state index is 14.3. The molecule has 2 aromatic rings. The van der Waals surface area contributed by atoms with Crippen LogP contribution in [0.3, 0.4) is 0 Å². The van der Waals surface area contributed by atoms with Crippen LogP contribution in [0, 0.1) is 5.92 Å². The number of hydrogen-bond acceptors (Lipinski definition) is 8. The third-order valence-corrected chi connectivity index (χ3v) is 9.99. The Balaban J connectivity index is 1.15. The van der Waals surface area contributed by atoms with Gasteiger partial charge in [0.15, 0.2) is 0 Å². The lowest BCUT2D eigenvalue weighted by Gasteiger charge is -2.33. The van der Waals surface area contributed by atoms with E-state index in [-0.39, 0.29) is 11.3 Å². The second-order valence-corrected chi connectivity index (χ2v) is 13.0. The van der Waals surface area contributed by atoms with Crippen LogP contribution in [0.15, 0.2) is 12.1 Å². The number of phenolic OH excluding ortho intramolecular Hbond substituents is 1. The second kappa shape index (κ2) is 10.00. The summed E-state index contributed by atoms with van der Waals surface area (Å²) in [6.07, 6.45) is 6.45. The number of anilines is 1. The van der Waals surface area contributed by atoms with Crippen molar-refractivity contribution in [3.63, 3.8) is 0 Å². The summed E-state index contributed by atoms with van der Waals surface area (Å²) in [7, 11) is 0. The molecule has 1 aliphatic carbocycles. The number of aryl methyl sites for hydroxylation is 2. The van der Waals surface area contributed by atoms with Gasteiger partial charge in [-0.2, -0.15) is 15.0 Å². The Hall–Kier alpha value is -2.23. The Bertz CT molecular complexity index is 1240. The van der Waals surface area contributed by atoms with Gasteiger partial charge in [0.1, 0.15) is 24.4 Å². The smallest absolute Gasteiger partial charge is 0.321 e. The van der Waals surface area contributed by atoms with Gasteiger partial charge in [-0.25, -0.2) is 4.39 Å². The van der Waals surface area contributed by atoms with Crippen LogP contribution in [-0.2, 0) is 12.8 Å². The fourth-order valence-corrected chi connectivity index (χ4v) is 7.94. The minimum atomic E-state index is -0.799. The lowest BCUT2D eigenvalue weighted by atomic mass is 9.95. The zero-order chi connectivity index (χ0) is 26.7. The fourth-order valence-electron chi connectivity index (χ4n) is 7.56. The predicted octanol–water partition coefficient (Wildman–Crippen LogP) is 4.04. The fraction of sp³-hybridized carbons (Fsp3) is 0.690. The number of nitrogens with zero attached hydrogens (tertiary/aromatic N) is 5. The molecule has 2 N–H and O–H groups in total. The first-order valence-electron chi connectivity index (χ1n) is 14.6. The molecule has 6 atom stereocenters. The Morgan fingerprint density at radius 1 is 1.15 bits per heavy atom. The van der Waals surface area contributed by atoms with Gasteiger partial charge >= 0.3 is 6.01 Å². The van der Waals surface area contributed by atoms with Crippen molar-refractivity contribution >= 4 is 17.5 Å². The molecule has 8 nitrogen and oxygen atoms in total. The molecule has 7 rings (SSSR count). The van der Waals surface area contributed by atoms with E-state index in [2.05, 4.69) is 22.0 Å². The number of alkyl halides is 1. The number of aromatic hydroxyl groups is 1. The number of rotatable bonds is 8. The molecule has 0 amide bonds. The minimum absolute atomic E-state index is 0.187. The van der Waals surface area contributed by atoms with Gasteiger partial charge in [0.2, 0.25) is 5.95 Å². The van der Waals surface area contributed by atoms with Gasteiger partial charge in [0.05, 0.1) is 5.54 Å². The first-order chi connectivity index (χ1) is 18.8. The summed E-state index contributed by atoms with van der Waals surface area (Å²) in [6, 6.07) is 4.72. The number of benzene rings is 1. The van der Waals surface area contributed by atoms with Crippen LogP contribution < -0.4 is 15.0 Å². The molecule has 5 aliphatic rings. The molecule has 5 fully saturated rings. The summed E-state index contributed by atoms with van der Waals surface area (Å²) >= 11 is 6.59. The van der Waals surface area contributed by atoms with E-state index < -0.39 is 6.17 Å². The number of fused-ring (bicyclic) bond motifs is 3. The number of hydrogen-bond donors (Lipinski definition) is 2. The van der Waals surface area contributed by atoms with E-state index in [9.17, 15) is 9.50 Å². The largest absolute Gasteiger partial charge is 0.508 e. The second-order valence-electron chi connectivity index (χ2n) is 12.6. The predicted molar refractivity (Wildman–Crippen MR) is 148 cm³/mol. The molecule has 1 saturated carbocycles. The molecule has 1 aromatic carbocycles. The van der Waals surface area contributed by atoms with Crippen LogP contribution in [0.1, 0.15) is 68.3 Å². The van der Waals surface area contributed by atoms with Crippen molar-refractivity contribution in [2.45, 2.75) is 88.0 Å². The number of ether oxygens (including phenoxy) is 1. The number of phenols is 1. The molecule has 0 radical (unpaired) electrons. The first kappa shape index (κ1) is 25.7. The molecule has 4 saturated heterocycles. The van der Waals surface area contributed by atoms with Gasteiger partial charge in [-0.05, 0) is 80.2 Å². The number of piperazine rings is 1. The van der Waals surface area contributed by atoms with E-state index in [1.165, 1.54) is 12.8 Å². The lowest BCUT2D eigenvalue weighted by Crippen LogP contribution is -2.51. The van der Waals surface area contributed by atoms with Crippen LogP contribution in [-0.4, -0.2) is 81.5 Å².